The van der Waals surface area contributed by atoms with Crippen LogP contribution >= 0.6 is 0 Å². The van der Waals surface area contributed by atoms with Crippen molar-refractivity contribution in [3.63, 3.8) is 0 Å². The number of aliphatic imine (C=N–C) groups is 1. The molecule has 2 fully saturated rings. The first kappa shape index (κ1) is 18.7. The molecule has 2 heterocycles. The van der Waals surface area contributed by atoms with Gasteiger partial charge in [-0.1, -0.05) is 6.92 Å². The minimum Gasteiger partial charge on any atom is -0.497 e. The zero-order chi connectivity index (χ0) is 18.5. The molecule has 0 aromatic heterocycles. The van der Waals surface area contributed by atoms with Crippen LogP contribution < -0.4 is 20.1 Å². The summed E-state index contributed by atoms with van der Waals surface area (Å²) in [5.74, 6) is 3.71. The first-order valence-electron chi connectivity index (χ1n) is 9.62. The highest BCUT2D eigenvalue weighted by atomic mass is 16.5. The van der Waals surface area contributed by atoms with Gasteiger partial charge in [0.05, 0.1) is 14.2 Å². The van der Waals surface area contributed by atoms with Gasteiger partial charge in [0.15, 0.2) is 5.96 Å². The lowest BCUT2D eigenvalue weighted by Crippen LogP contribution is -2.42. The molecule has 2 saturated heterocycles. The zero-order valence-electron chi connectivity index (χ0n) is 16.3. The Labute approximate surface area is 157 Å². The molecule has 6 nitrogen and oxygen atoms in total. The molecule has 0 aliphatic carbocycles. The number of nitrogens with two attached hydrogens (primary N) is 1. The molecule has 2 aliphatic heterocycles. The molecule has 1 unspecified atom stereocenters. The fourth-order valence-corrected chi connectivity index (χ4v) is 3.75. The topological polar surface area (TPSA) is 63.3 Å². The van der Waals surface area contributed by atoms with Crippen molar-refractivity contribution in [3.05, 3.63) is 18.2 Å². The third-order valence-corrected chi connectivity index (χ3v) is 5.61. The van der Waals surface area contributed by atoms with Gasteiger partial charge in [-0.3, -0.25) is 4.99 Å². The summed E-state index contributed by atoms with van der Waals surface area (Å²) in [5, 5.41) is 0. The Morgan fingerprint density at radius 1 is 1.08 bits per heavy atom. The molecule has 6 heteroatoms. The Kier molecular flexibility index (Phi) is 6.12. The van der Waals surface area contributed by atoms with E-state index >= 15 is 0 Å². The lowest BCUT2D eigenvalue weighted by Gasteiger charge is -2.31. The molecule has 2 aliphatic rings. The van der Waals surface area contributed by atoms with Gasteiger partial charge in [-0.15, -0.1) is 0 Å². The minimum atomic E-state index is 0.537. The van der Waals surface area contributed by atoms with Crippen LogP contribution in [0.25, 0.3) is 0 Å². The fourth-order valence-electron chi connectivity index (χ4n) is 3.75. The number of guanidine groups is 1. The molecule has 1 atom stereocenters. The summed E-state index contributed by atoms with van der Waals surface area (Å²) < 4.78 is 10.8. The number of piperidine rings is 1. The standard InChI is InChI=1S/C20H32N4O2/c1-15-4-7-23(8-5-15)20(21)22-13-16-6-9-24(14-16)17-10-18(25-2)12-19(11-17)26-3/h10-12,15-16H,4-9,13-14H2,1-3H3,(H2,21,22). The van der Waals surface area contributed by atoms with Gasteiger partial charge in [-0.2, -0.15) is 0 Å². The smallest absolute Gasteiger partial charge is 0.191 e. The van der Waals surface area contributed by atoms with Crippen LogP contribution in [0.3, 0.4) is 0 Å². The summed E-state index contributed by atoms with van der Waals surface area (Å²) in [7, 11) is 3.37. The van der Waals surface area contributed by atoms with Crippen LogP contribution in [0.4, 0.5) is 5.69 Å². The van der Waals surface area contributed by atoms with Gasteiger partial charge in [0.1, 0.15) is 11.5 Å². The lowest BCUT2D eigenvalue weighted by atomic mass is 10.00. The van der Waals surface area contributed by atoms with E-state index in [-0.39, 0.29) is 0 Å². The van der Waals surface area contributed by atoms with Crippen LogP contribution in [-0.2, 0) is 0 Å². The summed E-state index contributed by atoms with van der Waals surface area (Å²) >= 11 is 0. The van der Waals surface area contributed by atoms with Gasteiger partial charge >= 0.3 is 0 Å². The molecule has 3 rings (SSSR count). The minimum absolute atomic E-state index is 0.537. The largest absolute Gasteiger partial charge is 0.497 e. The molecular weight excluding hydrogens is 328 g/mol. The van der Waals surface area contributed by atoms with E-state index in [0.29, 0.717) is 5.92 Å². The van der Waals surface area contributed by atoms with Crippen molar-refractivity contribution in [2.24, 2.45) is 22.6 Å². The molecule has 0 radical (unpaired) electrons. The van der Waals surface area contributed by atoms with Crippen LogP contribution in [0.5, 0.6) is 11.5 Å². The monoisotopic (exact) mass is 360 g/mol. The maximum Gasteiger partial charge on any atom is 0.191 e. The lowest BCUT2D eigenvalue weighted by molar-refractivity contribution is 0.277. The summed E-state index contributed by atoms with van der Waals surface area (Å²) in [5.41, 5.74) is 7.37. The predicted octanol–water partition coefficient (Wildman–Crippen LogP) is 2.58. The first-order chi connectivity index (χ1) is 12.6. The van der Waals surface area contributed by atoms with E-state index in [4.69, 9.17) is 20.2 Å². The average molecular weight is 361 g/mol. The van der Waals surface area contributed by atoms with E-state index in [1.54, 1.807) is 14.2 Å². The maximum atomic E-state index is 6.22. The molecule has 2 N–H and O–H groups in total. The second-order valence-corrected chi connectivity index (χ2v) is 7.54. The SMILES string of the molecule is COc1cc(OC)cc(N2CCC(CN=C(N)N3CCC(C)CC3)C2)c1. The number of nitrogens with zero attached hydrogens (tertiary/aromatic N) is 3. The molecule has 0 spiro atoms. The van der Waals surface area contributed by atoms with Crippen molar-refractivity contribution in [1.29, 1.82) is 0 Å². The molecule has 144 valence electrons. The van der Waals surface area contributed by atoms with E-state index < -0.39 is 0 Å². The molecule has 0 saturated carbocycles. The zero-order valence-corrected chi connectivity index (χ0v) is 16.3. The number of methoxy groups -OCH3 is 2. The number of anilines is 1. The van der Waals surface area contributed by atoms with Crippen molar-refractivity contribution in [3.8, 4) is 11.5 Å². The van der Waals surface area contributed by atoms with Crippen LogP contribution in [0, 0.1) is 11.8 Å². The van der Waals surface area contributed by atoms with E-state index in [0.717, 1.165) is 68.2 Å². The predicted molar refractivity (Wildman–Crippen MR) is 106 cm³/mol. The highest BCUT2D eigenvalue weighted by Crippen LogP contribution is 2.31. The molecule has 0 bridgehead atoms. The highest BCUT2D eigenvalue weighted by molar-refractivity contribution is 5.78. The summed E-state index contributed by atoms with van der Waals surface area (Å²) in [6.45, 7) is 7.20. The summed E-state index contributed by atoms with van der Waals surface area (Å²) in [6, 6.07) is 6.04. The average Bonchev–Trinajstić information content (AvgIpc) is 3.15. The van der Waals surface area contributed by atoms with E-state index in [1.165, 1.54) is 12.8 Å². The van der Waals surface area contributed by atoms with Crippen molar-refractivity contribution in [2.75, 3.05) is 51.8 Å². The Morgan fingerprint density at radius 2 is 1.73 bits per heavy atom. The number of likely N-dealkylation sites (tertiary alicyclic amines) is 1. The van der Waals surface area contributed by atoms with Crippen molar-refractivity contribution in [2.45, 2.75) is 26.2 Å². The fraction of sp³-hybridized carbons (Fsp3) is 0.650. The first-order valence-corrected chi connectivity index (χ1v) is 9.62. The number of ether oxygens (including phenoxy) is 2. The number of hydrogen-bond donors (Lipinski definition) is 1. The quantitative estimate of drug-likeness (QED) is 0.646. The van der Waals surface area contributed by atoms with Crippen molar-refractivity contribution in [1.82, 2.24) is 4.90 Å². The van der Waals surface area contributed by atoms with Crippen molar-refractivity contribution < 1.29 is 9.47 Å². The molecule has 26 heavy (non-hydrogen) atoms. The van der Waals surface area contributed by atoms with E-state index in [9.17, 15) is 0 Å². The third-order valence-electron chi connectivity index (χ3n) is 5.61. The van der Waals surface area contributed by atoms with E-state index in [2.05, 4.69) is 28.9 Å². The van der Waals surface area contributed by atoms with E-state index in [1.807, 2.05) is 6.07 Å². The van der Waals surface area contributed by atoms with Crippen molar-refractivity contribution >= 4 is 11.6 Å². The number of hydrogen-bond acceptors (Lipinski definition) is 4. The van der Waals surface area contributed by atoms with Gasteiger partial charge in [0, 0.05) is 56.6 Å². The van der Waals surface area contributed by atoms with Gasteiger partial charge in [0.2, 0.25) is 0 Å². The molecular formula is C20H32N4O2. The Bertz CT molecular complexity index is 604. The Balaban J connectivity index is 1.56. The van der Waals surface area contributed by atoms with Crippen LogP contribution in [0.1, 0.15) is 26.2 Å². The van der Waals surface area contributed by atoms with Gasteiger partial charge in [-0.05, 0) is 31.1 Å². The highest BCUT2D eigenvalue weighted by Gasteiger charge is 2.24. The van der Waals surface area contributed by atoms with Gasteiger partial charge in [-0.25, -0.2) is 0 Å². The second-order valence-electron chi connectivity index (χ2n) is 7.54. The molecule has 1 aromatic rings. The Hall–Kier alpha value is -2.11. The number of rotatable bonds is 5. The summed E-state index contributed by atoms with van der Waals surface area (Å²) in [4.78, 5) is 9.31. The van der Waals surface area contributed by atoms with Crippen LogP contribution in [-0.4, -0.2) is 57.8 Å². The second kappa shape index (κ2) is 8.52. The molecule has 0 amide bonds. The number of benzene rings is 1. The normalized spacial score (nSPS) is 22.0. The van der Waals surface area contributed by atoms with Gasteiger partial charge < -0.3 is 25.0 Å². The Morgan fingerprint density at radius 3 is 2.35 bits per heavy atom. The molecule has 1 aromatic carbocycles. The third kappa shape index (κ3) is 4.54. The summed E-state index contributed by atoms with van der Waals surface area (Å²) in [6.07, 6.45) is 3.56. The maximum absolute atomic E-state index is 6.22. The van der Waals surface area contributed by atoms with Crippen LogP contribution in [0.2, 0.25) is 0 Å². The van der Waals surface area contributed by atoms with Gasteiger partial charge in [0.25, 0.3) is 0 Å². The van der Waals surface area contributed by atoms with Crippen LogP contribution in [0.15, 0.2) is 23.2 Å².